The molecule has 0 radical (unpaired) electrons. The number of fused-ring (bicyclic) bond motifs is 1. The Hall–Kier alpha value is -2.31. The Labute approximate surface area is 141 Å². The molecule has 0 atom stereocenters. The van der Waals surface area contributed by atoms with Gasteiger partial charge in [-0.3, -0.25) is 19.9 Å². The molecular weight excluding hydrogens is 300 g/mol. The molecule has 0 aliphatic carbocycles. The van der Waals surface area contributed by atoms with Crippen LogP contribution in [0.2, 0.25) is 0 Å². The van der Waals surface area contributed by atoms with Crippen molar-refractivity contribution in [3.8, 4) is 0 Å². The number of H-pyrrole nitrogens is 1. The summed E-state index contributed by atoms with van der Waals surface area (Å²) in [7, 11) is 0. The number of hydrogen-bond acceptors (Lipinski definition) is 5. The molecule has 4 rings (SSSR count). The minimum atomic E-state index is 0.856. The Kier molecular flexibility index (Phi) is 4.23. The van der Waals surface area contributed by atoms with Crippen molar-refractivity contribution in [1.29, 1.82) is 0 Å². The Bertz CT molecular complexity index is 805. The van der Waals surface area contributed by atoms with Crippen molar-refractivity contribution in [2.75, 3.05) is 26.2 Å². The number of nitrogens with zero attached hydrogens (tertiary/aromatic N) is 5. The smallest absolute Gasteiger partial charge is 0.138 e. The number of aryl methyl sites for hydroxylation is 1. The highest BCUT2D eigenvalue weighted by Crippen LogP contribution is 2.20. The van der Waals surface area contributed by atoms with Gasteiger partial charge in [-0.25, -0.2) is 4.98 Å². The van der Waals surface area contributed by atoms with Gasteiger partial charge >= 0.3 is 0 Å². The minimum Gasteiger partial charge on any atom is -0.297 e. The molecule has 0 amide bonds. The van der Waals surface area contributed by atoms with E-state index in [1.54, 1.807) is 6.33 Å². The average Bonchev–Trinajstić information content (AvgIpc) is 3.10. The third-order valence-electron chi connectivity index (χ3n) is 4.66. The molecule has 0 unspecified atom stereocenters. The van der Waals surface area contributed by atoms with Gasteiger partial charge in [0.05, 0.1) is 12.1 Å². The van der Waals surface area contributed by atoms with Crippen LogP contribution < -0.4 is 0 Å². The molecule has 0 spiro atoms. The zero-order valence-corrected chi connectivity index (χ0v) is 13.9. The first-order valence-electron chi connectivity index (χ1n) is 8.41. The zero-order valence-electron chi connectivity index (χ0n) is 13.9. The van der Waals surface area contributed by atoms with Crippen LogP contribution >= 0.6 is 0 Å². The van der Waals surface area contributed by atoms with Crippen molar-refractivity contribution in [3.63, 3.8) is 0 Å². The first-order chi connectivity index (χ1) is 11.8. The second-order valence-electron chi connectivity index (χ2n) is 6.47. The molecule has 1 aromatic carbocycles. The van der Waals surface area contributed by atoms with Crippen LogP contribution in [0.3, 0.4) is 0 Å². The van der Waals surface area contributed by atoms with E-state index in [1.807, 2.05) is 12.3 Å². The van der Waals surface area contributed by atoms with Gasteiger partial charge in [-0.15, -0.1) is 0 Å². The van der Waals surface area contributed by atoms with Crippen molar-refractivity contribution >= 4 is 10.9 Å². The second-order valence-corrected chi connectivity index (χ2v) is 6.47. The maximum Gasteiger partial charge on any atom is 0.138 e. The summed E-state index contributed by atoms with van der Waals surface area (Å²) < 4.78 is 0. The minimum absolute atomic E-state index is 0.856. The van der Waals surface area contributed by atoms with E-state index >= 15 is 0 Å². The standard InChI is InChI=1S/C18H22N6/c1-14-9-15(10-16-3-2-4-19-18(14)16)11-23-5-7-24(8-6-23)12-17-20-13-21-22-17/h2-4,9-10,13H,5-8,11-12H2,1H3,(H,20,21,22). The predicted molar refractivity (Wildman–Crippen MR) is 93.4 cm³/mol. The number of rotatable bonds is 4. The van der Waals surface area contributed by atoms with Gasteiger partial charge in [-0.2, -0.15) is 5.10 Å². The molecule has 3 heterocycles. The number of hydrogen-bond donors (Lipinski definition) is 1. The summed E-state index contributed by atoms with van der Waals surface area (Å²) in [5.74, 6) is 0.945. The highest BCUT2D eigenvalue weighted by molar-refractivity contribution is 5.82. The van der Waals surface area contributed by atoms with Gasteiger partial charge in [0.1, 0.15) is 12.2 Å². The van der Waals surface area contributed by atoms with Gasteiger partial charge in [-0.1, -0.05) is 12.1 Å². The first kappa shape index (κ1) is 15.2. The lowest BCUT2D eigenvalue weighted by atomic mass is 10.1. The molecule has 2 aromatic heterocycles. The third-order valence-corrected chi connectivity index (χ3v) is 4.66. The summed E-state index contributed by atoms with van der Waals surface area (Å²) in [6.07, 6.45) is 3.44. The third kappa shape index (κ3) is 3.29. The molecule has 3 aromatic rings. The van der Waals surface area contributed by atoms with E-state index in [0.717, 1.165) is 50.6 Å². The molecule has 0 bridgehead atoms. The number of benzene rings is 1. The normalized spacial score (nSPS) is 16.7. The van der Waals surface area contributed by atoms with Crippen molar-refractivity contribution in [2.24, 2.45) is 0 Å². The fourth-order valence-corrected chi connectivity index (χ4v) is 3.43. The summed E-state index contributed by atoms with van der Waals surface area (Å²) in [6.45, 7) is 8.30. The molecule has 1 aliphatic heterocycles. The fraction of sp³-hybridized carbons (Fsp3) is 0.389. The summed E-state index contributed by atoms with van der Waals surface area (Å²) in [5, 5.41) is 8.08. The molecule has 6 nitrogen and oxygen atoms in total. The van der Waals surface area contributed by atoms with Gasteiger partial charge in [0.25, 0.3) is 0 Å². The summed E-state index contributed by atoms with van der Waals surface area (Å²) in [5.41, 5.74) is 3.74. The molecule has 0 saturated carbocycles. The largest absolute Gasteiger partial charge is 0.297 e. The van der Waals surface area contributed by atoms with E-state index in [2.05, 4.69) is 55.1 Å². The van der Waals surface area contributed by atoms with Crippen LogP contribution in [0, 0.1) is 6.92 Å². The summed E-state index contributed by atoms with van der Waals surface area (Å²) in [4.78, 5) is 13.6. The van der Waals surface area contributed by atoms with E-state index in [-0.39, 0.29) is 0 Å². The van der Waals surface area contributed by atoms with E-state index in [1.165, 1.54) is 16.5 Å². The maximum atomic E-state index is 4.48. The van der Waals surface area contributed by atoms with Gasteiger partial charge in [0, 0.05) is 44.3 Å². The zero-order chi connectivity index (χ0) is 16.4. The van der Waals surface area contributed by atoms with Gasteiger partial charge in [0.2, 0.25) is 0 Å². The molecule has 1 N–H and O–H groups in total. The van der Waals surface area contributed by atoms with Crippen LogP contribution in [-0.2, 0) is 13.1 Å². The van der Waals surface area contributed by atoms with Gasteiger partial charge in [-0.05, 0) is 30.2 Å². The van der Waals surface area contributed by atoms with E-state index in [4.69, 9.17) is 0 Å². The van der Waals surface area contributed by atoms with E-state index in [9.17, 15) is 0 Å². The summed E-state index contributed by atoms with van der Waals surface area (Å²) in [6, 6.07) is 8.70. The lowest BCUT2D eigenvalue weighted by Gasteiger charge is -2.34. The van der Waals surface area contributed by atoms with Crippen molar-refractivity contribution in [1.82, 2.24) is 30.0 Å². The van der Waals surface area contributed by atoms with Crippen LogP contribution in [0.5, 0.6) is 0 Å². The number of aromatic nitrogens is 4. The van der Waals surface area contributed by atoms with Gasteiger partial charge in [0.15, 0.2) is 0 Å². The quantitative estimate of drug-likeness (QED) is 0.796. The molecule has 24 heavy (non-hydrogen) atoms. The van der Waals surface area contributed by atoms with Crippen LogP contribution in [0.4, 0.5) is 0 Å². The lowest BCUT2D eigenvalue weighted by molar-refractivity contribution is 0.120. The Morgan fingerprint density at radius 1 is 1.04 bits per heavy atom. The van der Waals surface area contributed by atoms with Crippen molar-refractivity contribution in [3.05, 3.63) is 53.7 Å². The highest BCUT2D eigenvalue weighted by Gasteiger charge is 2.18. The molecular formula is C18H22N6. The molecule has 1 aliphatic rings. The topological polar surface area (TPSA) is 60.9 Å². The van der Waals surface area contributed by atoms with Crippen LogP contribution in [0.25, 0.3) is 10.9 Å². The predicted octanol–water partition coefficient (Wildman–Crippen LogP) is 1.98. The monoisotopic (exact) mass is 322 g/mol. The van der Waals surface area contributed by atoms with E-state index < -0.39 is 0 Å². The average molecular weight is 322 g/mol. The second kappa shape index (κ2) is 6.67. The molecule has 1 fully saturated rings. The Morgan fingerprint density at radius 3 is 2.58 bits per heavy atom. The summed E-state index contributed by atoms with van der Waals surface area (Å²) >= 11 is 0. The highest BCUT2D eigenvalue weighted by atomic mass is 15.3. The van der Waals surface area contributed by atoms with Gasteiger partial charge < -0.3 is 0 Å². The first-order valence-corrected chi connectivity index (χ1v) is 8.41. The number of piperazine rings is 1. The van der Waals surface area contributed by atoms with Crippen molar-refractivity contribution < 1.29 is 0 Å². The Balaban J connectivity index is 1.38. The maximum absolute atomic E-state index is 4.48. The molecule has 124 valence electrons. The molecule has 6 heteroatoms. The molecule has 1 saturated heterocycles. The van der Waals surface area contributed by atoms with Crippen LogP contribution in [0.15, 0.2) is 36.8 Å². The van der Waals surface area contributed by atoms with Crippen LogP contribution in [-0.4, -0.2) is 56.1 Å². The number of nitrogens with one attached hydrogen (secondary N) is 1. The fourth-order valence-electron chi connectivity index (χ4n) is 3.43. The lowest BCUT2D eigenvalue weighted by Crippen LogP contribution is -2.45. The van der Waals surface area contributed by atoms with Crippen molar-refractivity contribution in [2.45, 2.75) is 20.0 Å². The van der Waals surface area contributed by atoms with E-state index in [0.29, 0.717) is 0 Å². The SMILES string of the molecule is Cc1cc(CN2CCN(Cc3ncn[nH]3)CC2)cc2cccnc12. The van der Waals surface area contributed by atoms with Crippen LogP contribution in [0.1, 0.15) is 17.0 Å². The number of pyridine rings is 1. The number of aromatic amines is 1. The Morgan fingerprint density at radius 2 is 1.83 bits per heavy atom.